The van der Waals surface area contributed by atoms with E-state index in [2.05, 4.69) is 36.4 Å². The molecule has 0 fully saturated rings. The summed E-state index contributed by atoms with van der Waals surface area (Å²) < 4.78 is 44.5. The van der Waals surface area contributed by atoms with E-state index in [1.807, 2.05) is 24.3 Å². The predicted molar refractivity (Wildman–Crippen MR) is 130 cm³/mol. The van der Waals surface area contributed by atoms with Gasteiger partial charge in [-0.1, -0.05) is 45.7 Å². The van der Waals surface area contributed by atoms with E-state index in [9.17, 15) is 18.0 Å². The van der Waals surface area contributed by atoms with Gasteiger partial charge in [-0.2, -0.15) is 23.4 Å². The number of nitrogens with zero attached hydrogens (tertiary/aromatic N) is 5. The first kappa shape index (κ1) is 23.5. The number of thiophene rings is 1. The summed E-state index contributed by atoms with van der Waals surface area (Å²) in [6.45, 7) is 0.461. The van der Waals surface area contributed by atoms with Crippen LogP contribution in [0.3, 0.4) is 0 Å². The van der Waals surface area contributed by atoms with Crippen molar-refractivity contribution >= 4 is 56.1 Å². The number of amides is 1. The monoisotopic (exact) mass is 580 g/mol. The van der Waals surface area contributed by atoms with Crippen molar-refractivity contribution in [2.75, 3.05) is 5.32 Å². The summed E-state index contributed by atoms with van der Waals surface area (Å²) >= 11 is 10.9. The van der Waals surface area contributed by atoms with E-state index in [1.165, 1.54) is 17.5 Å². The molecule has 5 aromatic rings. The number of fused-ring (bicyclic) bond motifs is 1. The van der Waals surface area contributed by atoms with Gasteiger partial charge in [-0.3, -0.25) is 9.48 Å². The van der Waals surface area contributed by atoms with Gasteiger partial charge in [0.2, 0.25) is 0 Å². The summed E-state index contributed by atoms with van der Waals surface area (Å²) in [5.74, 6) is -0.783. The van der Waals surface area contributed by atoms with Gasteiger partial charge in [0, 0.05) is 10.7 Å². The zero-order valence-electron chi connectivity index (χ0n) is 17.4. The summed E-state index contributed by atoms with van der Waals surface area (Å²) in [6.07, 6.45) is -1.73. The van der Waals surface area contributed by atoms with Gasteiger partial charge in [0.1, 0.15) is 5.02 Å². The van der Waals surface area contributed by atoms with E-state index in [0.717, 1.165) is 16.1 Å². The molecular formula is C22H13BrClF3N6OS. The van der Waals surface area contributed by atoms with Crippen LogP contribution in [-0.2, 0) is 12.7 Å². The lowest BCUT2D eigenvalue weighted by molar-refractivity contribution is -0.142. The quantitative estimate of drug-likeness (QED) is 0.261. The number of hydrogen-bond acceptors (Lipinski definition) is 5. The third-order valence-electron chi connectivity index (χ3n) is 4.96. The van der Waals surface area contributed by atoms with Gasteiger partial charge in [-0.15, -0.1) is 11.3 Å². The normalized spacial score (nSPS) is 11.8. The first-order valence-electron chi connectivity index (χ1n) is 9.97. The number of alkyl halides is 3. The number of anilines is 1. The fraction of sp³-hybridized carbons (Fsp3) is 0.0909. The van der Waals surface area contributed by atoms with E-state index in [1.54, 1.807) is 28.4 Å². The predicted octanol–water partition coefficient (Wildman–Crippen LogP) is 6.39. The lowest BCUT2D eigenvalue weighted by Crippen LogP contribution is -2.15. The molecule has 1 N–H and O–H groups in total. The van der Waals surface area contributed by atoms with Gasteiger partial charge >= 0.3 is 6.18 Å². The van der Waals surface area contributed by atoms with Crippen molar-refractivity contribution in [3.63, 3.8) is 0 Å². The van der Waals surface area contributed by atoms with E-state index in [0.29, 0.717) is 21.6 Å². The average Bonchev–Trinajstić information content (AvgIpc) is 3.55. The van der Waals surface area contributed by atoms with Gasteiger partial charge in [0.05, 0.1) is 29.0 Å². The van der Waals surface area contributed by atoms with Crippen molar-refractivity contribution in [1.82, 2.24) is 24.4 Å². The second-order valence-corrected chi connectivity index (χ2v) is 9.65. The lowest BCUT2D eigenvalue weighted by Gasteiger charge is -2.10. The minimum atomic E-state index is -4.75. The van der Waals surface area contributed by atoms with Crippen molar-refractivity contribution in [3.05, 3.63) is 86.7 Å². The molecule has 4 heterocycles. The van der Waals surface area contributed by atoms with Crippen LogP contribution in [0.2, 0.25) is 5.02 Å². The molecule has 0 saturated heterocycles. The van der Waals surface area contributed by atoms with Crippen LogP contribution in [0.5, 0.6) is 0 Å². The fourth-order valence-electron chi connectivity index (χ4n) is 3.37. The molecule has 1 amide bonds. The van der Waals surface area contributed by atoms with Crippen LogP contribution < -0.4 is 5.32 Å². The highest BCUT2D eigenvalue weighted by Gasteiger charge is 2.37. The molecule has 178 valence electrons. The molecule has 0 radical (unpaired) electrons. The molecule has 0 unspecified atom stereocenters. The Bertz CT molecular complexity index is 1530. The summed E-state index contributed by atoms with van der Waals surface area (Å²) in [4.78, 5) is 17.6. The Labute approximate surface area is 213 Å². The molecule has 0 aliphatic heterocycles. The number of nitrogens with one attached hydrogen (secondary N) is 1. The van der Waals surface area contributed by atoms with Crippen LogP contribution in [0, 0.1) is 0 Å². The lowest BCUT2D eigenvalue weighted by atomic mass is 10.2. The van der Waals surface area contributed by atoms with Crippen molar-refractivity contribution in [3.8, 4) is 10.6 Å². The minimum Gasteiger partial charge on any atom is -0.318 e. The smallest absolute Gasteiger partial charge is 0.318 e. The van der Waals surface area contributed by atoms with Gasteiger partial charge in [0.15, 0.2) is 17.0 Å². The van der Waals surface area contributed by atoms with Crippen LogP contribution in [0.1, 0.15) is 21.7 Å². The first-order valence-corrected chi connectivity index (χ1v) is 12.0. The Morgan fingerprint density at radius 2 is 1.97 bits per heavy atom. The summed E-state index contributed by atoms with van der Waals surface area (Å²) in [6, 6.07) is 11.9. The van der Waals surface area contributed by atoms with E-state index in [-0.39, 0.29) is 22.1 Å². The first-order chi connectivity index (χ1) is 16.7. The number of rotatable bonds is 5. The number of carbonyl (C=O) groups is 1. The number of halogens is 5. The second-order valence-electron chi connectivity index (χ2n) is 7.41. The van der Waals surface area contributed by atoms with Gasteiger partial charge in [-0.25, -0.2) is 9.50 Å². The molecule has 5 rings (SSSR count). The highest BCUT2D eigenvalue weighted by molar-refractivity contribution is 9.10. The Hall–Kier alpha value is -3.22. The summed E-state index contributed by atoms with van der Waals surface area (Å²) in [7, 11) is 0. The summed E-state index contributed by atoms with van der Waals surface area (Å²) in [5.41, 5.74) is -0.319. The highest BCUT2D eigenvalue weighted by atomic mass is 79.9. The standard InChI is InChI=1S/C22H13BrClF3N6OS/c23-13-5-3-12(4-6-13)10-32-11-14(9-28-32)29-21(34)19-18(24)20-30-15(16-2-1-7-35-16)8-17(22(25,26)27)33(20)31-19/h1-9,11H,10H2,(H,29,34). The van der Waals surface area contributed by atoms with Gasteiger partial charge in [-0.05, 0) is 35.2 Å². The van der Waals surface area contributed by atoms with E-state index < -0.39 is 17.8 Å². The Morgan fingerprint density at radius 1 is 1.20 bits per heavy atom. The molecule has 0 aliphatic rings. The van der Waals surface area contributed by atoms with Crippen LogP contribution in [0.25, 0.3) is 16.2 Å². The third kappa shape index (κ3) is 4.81. The average molecular weight is 582 g/mol. The largest absolute Gasteiger partial charge is 0.433 e. The molecule has 0 atom stereocenters. The molecule has 0 bridgehead atoms. The Balaban J connectivity index is 1.45. The zero-order valence-corrected chi connectivity index (χ0v) is 20.6. The van der Waals surface area contributed by atoms with Crippen molar-refractivity contribution in [2.45, 2.75) is 12.7 Å². The number of hydrogen-bond donors (Lipinski definition) is 1. The molecule has 0 aliphatic carbocycles. The van der Waals surface area contributed by atoms with E-state index in [4.69, 9.17) is 11.6 Å². The van der Waals surface area contributed by atoms with Gasteiger partial charge < -0.3 is 5.32 Å². The molecule has 7 nitrogen and oxygen atoms in total. The highest BCUT2D eigenvalue weighted by Crippen LogP contribution is 2.35. The maximum atomic E-state index is 13.8. The van der Waals surface area contributed by atoms with Crippen LogP contribution in [0.15, 0.2) is 64.7 Å². The molecule has 4 aromatic heterocycles. The minimum absolute atomic E-state index is 0.0859. The molecular weight excluding hydrogens is 569 g/mol. The fourth-order valence-corrected chi connectivity index (χ4v) is 4.57. The number of aromatic nitrogens is 5. The molecule has 1 aromatic carbocycles. The molecule has 35 heavy (non-hydrogen) atoms. The zero-order chi connectivity index (χ0) is 24.7. The molecule has 0 saturated carbocycles. The number of carbonyl (C=O) groups excluding carboxylic acids is 1. The summed E-state index contributed by atoms with van der Waals surface area (Å²) in [5, 5.41) is 12.1. The molecule has 13 heteroatoms. The second kappa shape index (κ2) is 9.10. The topological polar surface area (TPSA) is 77.1 Å². The Kier molecular flexibility index (Phi) is 6.11. The maximum absolute atomic E-state index is 13.8. The molecule has 0 spiro atoms. The van der Waals surface area contributed by atoms with Crippen LogP contribution >= 0.6 is 38.9 Å². The SMILES string of the molecule is O=C(Nc1cnn(Cc2ccc(Br)cc2)c1)c1nn2c(C(F)(F)F)cc(-c3cccs3)nc2c1Cl. The van der Waals surface area contributed by atoms with Crippen molar-refractivity contribution in [1.29, 1.82) is 0 Å². The van der Waals surface area contributed by atoms with Gasteiger partial charge in [0.25, 0.3) is 5.91 Å². The number of benzene rings is 1. The van der Waals surface area contributed by atoms with Crippen LogP contribution in [-0.4, -0.2) is 30.3 Å². The van der Waals surface area contributed by atoms with Crippen LogP contribution in [0.4, 0.5) is 18.9 Å². The van der Waals surface area contributed by atoms with Crippen molar-refractivity contribution < 1.29 is 18.0 Å². The van der Waals surface area contributed by atoms with E-state index >= 15 is 0 Å². The third-order valence-corrected chi connectivity index (χ3v) is 6.73. The maximum Gasteiger partial charge on any atom is 0.433 e. The Morgan fingerprint density at radius 3 is 2.66 bits per heavy atom. The van der Waals surface area contributed by atoms with Crippen molar-refractivity contribution in [2.24, 2.45) is 0 Å².